The molecule has 0 aromatic heterocycles. The van der Waals surface area contributed by atoms with Crippen molar-refractivity contribution in [1.29, 1.82) is 0 Å². The lowest BCUT2D eigenvalue weighted by Crippen LogP contribution is -2.20. The summed E-state index contributed by atoms with van der Waals surface area (Å²) in [7, 11) is 0. The van der Waals surface area contributed by atoms with E-state index in [2.05, 4.69) is 13.2 Å². The van der Waals surface area contributed by atoms with Crippen molar-refractivity contribution in [2.24, 2.45) is 5.92 Å². The molecule has 1 saturated carbocycles. The summed E-state index contributed by atoms with van der Waals surface area (Å²) < 4.78 is 30.9. The fraction of sp³-hybridized carbons (Fsp3) is 0.357. The Bertz CT molecular complexity index is 1050. The lowest BCUT2D eigenvalue weighted by Gasteiger charge is -2.29. The van der Waals surface area contributed by atoms with Crippen LogP contribution in [0.3, 0.4) is 0 Å². The van der Waals surface area contributed by atoms with E-state index in [-0.39, 0.29) is 29.7 Å². The summed E-state index contributed by atoms with van der Waals surface area (Å²) in [5.41, 5.74) is 2.19. The molecule has 1 aliphatic carbocycles. The summed E-state index contributed by atoms with van der Waals surface area (Å²) in [5.74, 6) is 0.196. The minimum absolute atomic E-state index is 0.142. The summed E-state index contributed by atoms with van der Waals surface area (Å²) in [6.45, 7) is 11.1. The van der Waals surface area contributed by atoms with Gasteiger partial charge in [0.1, 0.15) is 23.9 Å². The maximum Gasteiger partial charge on any atom is 0.338 e. The number of halogens is 1. The number of carbonyl (C=O) groups is 2. The highest BCUT2D eigenvalue weighted by Crippen LogP contribution is 2.38. The quantitative estimate of drug-likeness (QED) is 0.247. The predicted molar refractivity (Wildman–Crippen MR) is 128 cm³/mol. The molecule has 180 valence electrons. The number of hydrogen-bond donors (Lipinski definition) is 0. The van der Waals surface area contributed by atoms with Gasteiger partial charge in [-0.05, 0) is 80.7 Å². The summed E-state index contributed by atoms with van der Waals surface area (Å²) in [4.78, 5) is 23.1. The van der Waals surface area contributed by atoms with E-state index in [4.69, 9.17) is 14.2 Å². The number of carbonyl (C=O) groups excluding carboxylic acids is 2. The molecule has 0 unspecified atom stereocenters. The summed E-state index contributed by atoms with van der Waals surface area (Å²) in [6, 6.07) is 12.1. The van der Waals surface area contributed by atoms with Gasteiger partial charge >= 0.3 is 11.9 Å². The van der Waals surface area contributed by atoms with Crippen LogP contribution in [0.5, 0.6) is 11.5 Å². The maximum absolute atomic E-state index is 14.7. The van der Waals surface area contributed by atoms with Gasteiger partial charge in [-0.3, -0.25) is 0 Å². The molecule has 0 saturated heterocycles. The van der Waals surface area contributed by atoms with Crippen molar-refractivity contribution in [3.63, 3.8) is 0 Å². The first-order chi connectivity index (χ1) is 16.2. The van der Waals surface area contributed by atoms with Crippen LogP contribution in [-0.2, 0) is 20.9 Å². The first-order valence-electron chi connectivity index (χ1n) is 11.4. The van der Waals surface area contributed by atoms with Crippen LogP contribution in [0.1, 0.15) is 56.6 Å². The Hall–Kier alpha value is -3.41. The van der Waals surface area contributed by atoms with E-state index in [0.29, 0.717) is 23.7 Å². The molecule has 0 aliphatic heterocycles. The largest absolute Gasteiger partial charge is 0.493 e. The first kappa shape index (κ1) is 25.2. The summed E-state index contributed by atoms with van der Waals surface area (Å²) in [6.07, 6.45) is 3.66. The molecule has 0 spiro atoms. The fourth-order valence-corrected chi connectivity index (χ4v) is 3.90. The summed E-state index contributed by atoms with van der Waals surface area (Å²) in [5, 5.41) is 0. The molecule has 3 rings (SSSR count). The zero-order valence-electron chi connectivity index (χ0n) is 19.8. The van der Waals surface area contributed by atoms with Crippen LogP contribution in [0.15, 0.2) is 66.8 Å². The third-order valence-corrected chi connectivity index (χ3v) is 5.94. The Morgan fingerprint density at radius 2 is 1.53 bits per heavy atom. The molecule has 0 bridgehead atoms. The topological polar surface area (TPSA) is 61.8 Å². The molecule has 2 aromatic carbocycles. The SMILES string of the molecule is C=C(C)C(=O)OCc1ccc(OCC2CCC(c3ccc(OC(=O)C(=C)C)cc3F)CC2)cc1. The van der Waals surface area contributed by atoms with Crippen LogP contribution in [0.2, 0.25) is 0 Å². The van der Waals surface area contributed by atoms with Gasteiger partial charge in [-0.25, -0.2) is 14.0 Å². The smallest absolute Gasteiger partial charge is 0.338 e. The predicted octanol–water partition coefficient (Wildman–Crippen LogP) is 6.28. The van der Waals surface area contributed by atoms with Gasteiger partial charge in [0.05, 0.1) is 6.61 Å². The molecule has 0 heterocycles. The van der Waals surface area contributed by atoms with Crippen molar-refractivity contribution >= 4 is 11.9 Å². The molecule has 34 heavy (non-hydrogen) atoms. The highest BCUT2D eigenvalue weighted by atomic mass is 19.1. The Kier molecular flexibility index (Phi) is 8.63. The molecular weight excluding hydrogens is 435 g/mol. The van der Waals surface area contributed by atoms with Crippen LogP contribution in [0.25, 0.3) is 0 Å². The van der Waals surface area contributed by atoms with Gasteiger partial charge in [0.25, 0.3) is 0 Å². The Morgan fingerprint density at radius 1 is 0.912 bits per heavy atom. The molecular formula is C28H31FO5. The lowest BCUT2D eigenvalue weighted by atomic mass is 9.79. The molecule has 2 aromatic rings. The van der Waals surface area contributed by atoms with E-state index in [0.717, 1.165) is 37.0 Å². The van der Waals surface area contributed by atoms with Crippen molar-refractivity contribution in [2.45, 2.75) is 52.1 Å². The molecule has 0 radical (unpaired) electrons. The third kappa shape index (κ3) is 7.04. The van der Waals surface area contributed by atoms with Gasteiger partial charge in [-0.1, -0.05) is 31.4 Å². The Labute approximate surface area is 200 Å². The van der Waals surface area contributed by atoms with Gasteiger partial charge in [0, 0.05) is 17.2 Å². The average molecular weight is 467 g/mol. The molecule has 1 aliphatic rings. The highest BCUT2D eigenvalue weighted by molar-refractivity contribution is 5.88. The van der Waals surface area contributed by atoms with Crippen molar-refractivity contribution < 1.29 is 28.2 Å². The van der Waals surface area contributed by atoms with Crippen molar-refractivity contribution in [1.82, 2.24) is 0 Å². The second-order valence-corrected chi connectivity index (χ2v) is 8.88. The molecule has 1 fully saturated rings. The lowest BCUT2D eigenvalue weighted by molar-refractivity contribution is -0.140. The number of rotatable bonds is 9. The molecule has 5 nitrogen and oxygen atoms in total. The number of esters is 2. The molecule has 6 heteroatoms. The monoisotopic (exact) mass is 466 g/mol. The van der Waals surface area contributed by atoms with Gasteiger partial charge in [-0.15, -0.1) is 0 Å². The van der Waals surface area contributed by atoms with E-state index < -0.39 is 11.9 Å². The molecule has 0 atom stereocenters. The molecule has 0 N–H and O–H groups in total. The number of ether oxygens (including phenoxy) is 3. The van der Waals surface area contributed by atoms with Crippen LogP contribution >= 0.6 is 0 Å². The van der Waals surface area contributed by atoms with E-state index in [1.165, 1.54) is 6.07 Å². The minimum atomic E-state index is -0.562. The van der Waals surface area contributed by atoms with Crippen LogP contribution in [0, 0.1) is 11.7 Å². The van der Waals surface area contributed by atoms with Gasteiger partial charge in [0.2, 0.25) is 0 Å². The van der Waals surface area contributed by atoms with Crippen LogP contribution in [-0.4, -0.2) is 18.5 Å². The van der Waals surface area contributed by atoms with Crippen LogP contribution < -0.4 is 9.47 Å². The van der Waals surface area contributed by atoms with Crippen molar-refractivity contribution in [2.75, 3.05) is 6.61 Å². The van der Waals surface area contributed by atoms with E-state index in [9.17, 15) is 14.0 Å². The van der Waals surface area contributed by atoms with E-state index in [1.54, 1.807) is 26.0 Å². The van der Waals surface area contributed by atoms with Crippen molar-refractivity contribution in [3.8, 4) is 11.5 Å². The normalized spacial score (nSPS) is 17.5. The highest BCUT2D eigenvalue weighted by Gasteiger charge is 2.25. The third-order valence-electron chi connectivity index (χ3n) is 5.94. The van der Waals surface area contributed by atoms with E-state index >= 15 is 0 Å². The first-order valence-corrected chi connectivity index (χ1v) is 11.4. The van der Waals surface area contributed by atoms with E-state index in [1.807, 2.05) is 24.3 Å². The summed E-state index contributed by atoms with van der Waals surface area (Å²) >= 11 is 0. The number of hydrogen-bond acceptors (Lipinski definition) is 5. The van der Waals surface area contributed by atoms with Crippen molar-refractivity contribution in [3.05, 3.63) is 83.7 Å². The Balaban J connectivity index is 1.44. The number of benzene rings is 2. The Morgan fingerprint density at radius 3 is 2.12 bits per heavy atom. The fourth-order valence-electron chi connectivity index (χ4n) is 3.90. The molecule has 0 amide bonds. The zero-order valence-corrected chi connectivity index (χ0v) is 19.8. The standard InChI is InChI=1S/C28H31FO5/c1-18(2)27(30)33-17-21-7-11-23(12-8-21)32-16-20-5-9-22(10-6-20)25-14-13-24(15-26(25)29)34-28(31)19(3)4/h7-8,11-15,20,22H,1,3,5-6,9-10,16-17H2,2,4H3. The second kappa shape index (κ2) is 11.6. The average Bonchev–Trinajstić information content (AvgIpc) is 2.82. The minimum Gasteiger partial charge on any atom is -0.493 e. The maximum atomic E-state index is 14.7. The van der Waals surface area contributed by atoms with Crippen LogP contribution in [0.4, 0.5) is 4.39 Å². The van der Waals surface area contributed by atoms with Gasteiger partial charge < -0.3 is 14.2 Å². The van der Waals surface area contributed by atoms with Gasteiger partial charge in [-0.2, -0.15) is 0 Å². The van der Waals surface area contributed by atoms with Gasteiger partial charge in [0.15, 0.2) is 0 Å². The zero-order chi connectivity index (χ0) is 24.7. The second-order valence-electron chi connectivity index (χ2n) is 8.88.